The Balaban J connectivity index is 2.01. The van der Waals surface area contributed by atoms with Crippen molar-refractivity contribution in [2.45, 2.75) is 0 Å². The highest BCUT2D eigenvalue weighted by molar-refractivity contribution is 6.31. The third-order valence-electron chi connectivity index (χ3n) is 4.52. The van der Waals surface area contributed by atoms with Crippen molar-refractivity contribution in [3.05, 3.63) is 83.9 Å². The topological polar surface area (TPSA) is 13.1 Å². The fourth-order valence-electron chi connectivity index (χ4n) is 3.49. The zero-order valence-electron chi connectivity index (χ0n) is 12.8. The Morgan fingerprint density at radius 1 is 0.667 bits per heavy atom. The highest BCUT2D eigenvalue weighted by atomic mass is 35.5. The summed E-state index contributed by atoms with van der Waals surface area (Å²) < 4.78 is 6.05. The Morgan fingerprint density at radius 3 is 2.46 bits per heavy atom. The molecule has 24 heavy (non-hydrogen) atoms. The first-order valence-corrected chi connectivity index (χ1v) is 8.28. The van der Waals surface area contributed by atoms with Gasteiger partial charge >= 0.3 is 0 Å². The van der Waals surface area contributed by atoms with E-state index in [2.05, 4.69) is 48.5 Å². The number of fused-ring (bicyclic) bond motifs is 5. The van der Waals surface area contributed by atoms with Crippen molar-refractivity contribution in [2.75, 3.05) is 0 Å². The molecular formula is C22H13ClO. The summed E-state index contributed by atoms with van der Waals surface area (Å²) in [6.07, 6.45) is 0. The minimum atomic E-state index is 0.744. The average Bonchev–Trinajstić information content (AvgIpc) is 3.00. The second-order valence-electron chi connectivity index (χ2n) is 5.95. The van der Waals surface area contributed by atoms with Gasteiger partial charge in [-0.1, -0.05) is 66.2 Å². The second-order valence-corrected chi connectivity index (χ2v) is 6.39. The fourth-order valence-corrected chi connectivity index (χ4v) is 3.68. The Morgan fingerprint density at radius 2 is 1.54 bits per heavy atom. The van der Waals surface area contributed by atoms with Crippen LogP contribution in [0.5, 0.6) is 0 Å². The molecule has 1 aromatic heterocycles. The van der Waals surface area contributed by atoms with E-state index in [1.165, 1.54) is 21.7 Å². The van der Waals surface area contributed by atoms with E-state index < -0.39 is 0 Å². The highest BCUT2D eigenvalue weighted by Crippen LogP contribution is 2.39. The first-order chi connectivity index (χ1) is 11.8. The highest BCUT2D eigenvalue weighted by Gasteiger charge is 2.13. The van der Waals surface area contributed by atoms with Gasteiger partial charge in [-0.25, -0.2) is 0 Å². The van der Waals surface area contributed by atoms with Gasteiger partial charge in [0.2, 0.25) is 0 Å². The van der Waals surface area contributed by atoms with E-state index in [0.717, 1.165) is 27.1 Å². The maximum Gasteiger partial charge on any atom is 0.136 e. The Kier molecular flexibility index (Phi) is 2.91. The standard InChI is InChI=1S/C22H13ClO/c23-16-7-3-6-15(13-16)17-9-4-5-14-11-12-20-22(21(14)17)18-8-1-2-10-19(18)24-20/h1-13H. The molecule has 1 heterocycles. The zero-order valence-corrected chi connectivity index (χ0v) is 13.5. The molecule has 0 radical (unpaired) electrons. The molecule has 2 heteroatoms. The van der Waals surface area contributed by atoms with Crippen LogP contribution in [0.3, 0.4) is 0 Å². The van der Waals surface area contributed by atoms with Crippen LogP contribution in [0.4, 0.5) is 0 Å². The van der Waals surface area contributed by atoms with Crippen LogP contribution in [-0.2, 0) is 0 Å². The van der Waals surface area contributed by atoms with Crippen molar-refractivity contribution in [3.63, 3.8) is 0 Å². The molecule has 0 spiro atoms. The minimum absolute atomic E-state index is 0.744. The molecule has 0 saturated heterocycles. The molecule has 0 aliphatic heterocycles. The van der Waals surface area contributed by atoms with Crippen LogP contribution in [0, 0.1) is 0 Å². The lowest BCUT2D eigenvalue weighted by Crippen LogP contribution is -1.83. The normalized spacial score (nSPS) is 11.5. The van der Waals surface area contributed by atoms with Crippen molar-refractivity contribution in [3.8, 4) is 11.1 Å². The number of hydrogen-bond acceptors (Lipinski definition) is 1. The fraction of sp³-hybridized carbons (Fsp3) is 0. The molecule has 0 amide bonds. The van der Waals surface area contributed by atoms with Crippen LogP contribution in [0.25, 0.3) is 43.8 Å². The molecule has 1 nitrogen and oxygen atoms in total. The molecule has 0 unspecified atom stereocenters. The first-order valence-electron chi connectivity index (χ1n) is 7.90. The lowest BCUT2D eigenvalue weighted by atomic mass is 9.95. The van der Waals surface area contributed by atoms with Crippen molar-refractivity contribution >= 4 is 44.3 Å². The van der Waals surface area contributed by atoms with Crippen LogP contribution in [0.2, 0.25) is 5.02 Å². The molecule has 4 aromatic carbocycles. The Labute approximate surface area is 144 Å². The number of para-hydroxylation sites is 1. The van der Waals surface area contributed by atoms with E-state index in [0.29, 0.717) is 0 Å². The van der Waals surface area contributed by atoms with Crippen LogP contribution in [0.1, 0.15) is 0 Å². The molecule has 5 aromatic rings. The molecule has 0 fully saturated rings. The molecule has 0 aliphatic rings. The van der Waals surface area contributed by atoms with Gasteiger partial charge in [0.25, 0.3) is 0 Å². The van der Waals surface area contributed by atoms with Crippen molar-refractivity contribution in [1.82, 2.24) is 0 Å². The number of rotatable bonds is 1. The van der Waals surface area contributed by atoms with E-state index >= 15 is 0 Å². The molecular weight excluding hydrogens is 316 g/mol. The van der Waals surface area contributed by atoms with Gasteiger partial charge in [-0.3, -0.25) is 0 Å². The van der Waals surface area contributed by atoms with Gasteiger partial charge < -0.3 is 4.42 Å². The van der Waals surface area contributed by atoms with Crippen LogP contribution < -0.4 is 0 Å². The molecule has 0 saturated carbocycles. The van der Waals surface area contributed by atoms with Gasteiger partial charge in [-0.05, 0) is 40.8 Å². The van der Waals surface area contributed by atoms with Gasteiger partial charge in [0.05, 0.1) is 0 Å². The maximum absolute atomic E-state index is 6.22. The first kappa shape index (κ1) is 13.6. The summed E-state index contributed by atoms with van der Waals surface area (Å²) in [6, 6.07) is 26.8. The van der Waals surface area contributed by atoms with Gasteiger partial charge in [-0.2, -0.15) is 0 Å². The summed E-state index contributed by atoms with van der Waals surface area (Å²) in [4.78, 5) is 0. The van der Waals surface area contributed by atoms with Crippen molar-refractivity contribution in [1.29, 1.82) is 0 Å². The number of benzene rings is 4. The lowest BCUT2D eigenvalue weighted by Gasteiger charge is -2.09. The number of furan rings is 1. The predicted molar refractivity (Wildman–Crippen MR) is 102 cm³/mol. The second kappa shape index (κ2) is 5.12. The average molecular weight is 329 g/mol. The van der Waals surface area contributed by atoms with Crippen LogP contribution in [-0.4, -0.2) is 0 Å². The predicted octanol–water partition coefficient (Wildman–Crippen LogP) is 7.06. The molecule has 5 rings (SSSR count). The third kappa shape index (κ3) is 1.95. The lowest BCUT2D eigenvalue weighted by molar-refractivity contribution is 0.669. The molecule has 0 N–H and O–H groups in total. The molecule has 0 aliphatic carbocycles. The van der Waals surface area contributed by atoms with Crippen molar-refractivity contribution in [2.24, 2.45) is 0 Å². The van der Waals surface area contributed by atoms with E-state index in [4.69, 9.17) is 16.0 Å². The van der Waals surface area contributed by atoms with Gasteiger partial charge in [0.15, 0.2) is 0 Å². The smallest absolute Gasteiger partial charge is 0.136 e. The van der Waals surface area contributed by atoms with E-state index in [1.54, 1.807) is 0 Å². The molecule has 0 atom stereocenters. The summed E-state index contributed by atoms with van der Waals surface area (Å²) in [7, 11) is 0. The summed E-state index contributed by atoms with van der Waals surface area (Å²) >= 11 is 6.22. The number of hydrogen-bond donors (Lipinski definition) is 0. The van der Waals surface area contributed by atoms with Gasteiger partial charge in [0, 0.05) is 21.2 Å². The monoisotopic (exact) mass is 328 g/mol. The Hall–Kier alpha value is -2.77. The molecule has 0 bridgehead atoms. The summed E-state index contributed by atoms with van der Waals surface area (Å²) in [5, 5.41) is 5.47. The Bertz CT molecular complexity index is 1220. The zero-order chi connectivity index (χ0) is 16.1. The van der Waals surface area contributed by atoms with Crippen molar-refractivity contribution < 1.29 is 4.42 Å². The number of halogens is 1. The summed E-state index contributed by atoms with van der Waals surface area (Å²) in [6.45, 7) is 0. The van der Waals surface area contributed by atoms with E-state index in [9.17, 15) is 0 Å². The van der Waals surface area contributed by atoms with Crippen LogP contribution >= 0.6 is 11.6 Å². The maximum atomic E-state index is 6.22. The third-order valence-corrected chi connectivity index (χ3v) is 4.75. The minimum Gasteiger partial charge on any atom is -0.456 e. The van der Waals surface area contributed by atoms with E-state index in [-0.39, 0.29) is 0 Å². The summed E-state index contributed by atoms with van der Waals surface area (Å²) in [5.41, 5.74) is 4.12. The quantitative estimate of drug-likeness (QED) is 0.321. The SMILES string of the molecule is Clc1cccc(-c2cccc3ccc4oc5ccccc5c4c23)c1. The largest absolute Gasteiger partial charge is 0.456 e. The van der Waals surface area contributed by atoms with Gasteiger partial charge in [-0.15, -0.1) is 0 Å². The van der Waals surface area contributed by atoms with Gasteiger partial charge in [0.1, 0.15) is 11.2 Å². The van der Waals surface area contributed by atoms with Crippen LogP contribution in [0.15, 0.2) is 83.3 Å². The summed E-state index contributed by atoms with van der Waals surface area (Å²) in [5.74, 6) is 0. The molecule has 114 valence electrons. The van der Waals surface area contributed by atoms with E-state index in [1.807, 2.05) is 30.3 Å².